The number of alkyl halides is 1. The lowest BCUT2D eigenvalue weighted by atomic mass is 9.98. The van der Waals surface area contributed by atoms with Gasteiger partial charge < -0.3 is 24.4 Å². The molecule has 2 aliphatic rings. The molecular weight excluding hydrogens is 558 g/mol. The molecule has 1 aliphatic heterocycles. The number of halogens is 1. The number of anilines is 1. The number of para-hydroxylation sites is 1. The number of methoxy groups -OCH3 is 1. The van der Waals surface area contributed by atoms with Crippen LogP contribution >= 0.6 is 7.75 Å². The normalized spacial score (nSPS) is 27.0. The number of carbonyl (C=O) groups excluding carboxylic acids is 1. The second kappa shape index (κ2) is 12.0. The Labute approximate surface area is 236 Å². The molecule has 15 heteroatoms. The minimum absolute atomic E-state index is 0.202. The molecule has 0 radical (unpaired) electrons. The van der Waals surface area contributed by atoms with Gasteiger partial charge in [-0.15, -0.1) is 0 Å². The van der Waals surface area contributed by atoms with Crippen molar-refractivity contribution in [3.05, 3.63) is 43.0 Å². The number of hydrogen-bond donors (Lipinski definition) is 3. The van der Waals surface area contributed by atoms with E-state index in [1.807, 2.05) is 0 Å². The number of fused-ring (bicyclic) bond motifs is 1. The molecule has 1 saturated heterocycles. The molecule has 5 rings (SSSR count). The Kier molecular flexibility index (Phi) is 8.57. The average Bonchev–Trinajstić information content (AvgIpc) is 3.67. The smallest absolute Gasteiger partial charge is 0.459 e. The number of carbonyl (C=O) groups is 1. The number of aliphatic hydroxyl groups is 1. The van der Waals surface area contributed by atoms with E-state index in [1.54, 1.807) is 30.3 Å². The van der Waals surface area contributed by atoms with Crippen molar-refractivity contribution in [3.8, 4) is 5.75 Å². The van der Waals surface area contributed by atoms with Gasteiger partial charge in [-0.25, -0.2) is 23.9 Å². The van der Waals surface area contributed by atoms with Crippen molar-refractivity contribution in [2.45, 2.75) is 75.7 Å². The zero-order valence-electron chi connectivity index (χ0n) is 23.0. The summed E-state index contributed by atoms with van der Waals surface area (Å²) in [5, 5.41) is 16.8. The first-order chi connectivity index (χ1) is 19.6. The van der Waals surface area contributed by atoms with Gasteiger partial charge >= 0.3 is 13.7 Å². The van der Waals surface area contributed by atoms with E-state index in [1.165, 1.54) is 38.2 Å². The van der Waals surface area contributed by atoms with E-state index in [0.29, 0.717) is 17.0 Å². The fourth-order valence-corrected chi connectivity index (χ4v) is 6.59. The van der Waals surface area contributed by atoms with Gasteiger partial charge in [0, 0.05) is 6.04 Å². The lowest BCUT2D eigenvalue weighted by Gasteiger charge is -2.25. The molecule has 3 aromatic rings. The first-order valence-corrected chi connectivity index (χ1v) is 15.0. The highest BCUT2D eigenvalue weighted by molar-refractivity contribution is 7.52. The van der Waals surface area contributed by atoms with Crippen LogP contribution in [0.4, 0.5) is 10.2 Å². The molecule has 1 aliphatic carbocycles. The molecule has 1 aromatic carbocycles. The summed E-state index contributed by atoms with van der Waals surface area (Å²) in [5.41, 5.74) is -1.52. The molecule has 2 fully saturated rings. The topological polar surface area (TPSA) is 159 Å². The molecule has 3 heterocycles. The highest BCUT2D eigenvalue weighted by atomic mass is 31.2. The number of ether oxygens (including phenoxy) is 2. The Balaban J connectivity index is 1.34. The van der Waals surface area contributed by atoms with Gasteiger partial charge in [-0.3, -0.25) is 13.9 Å². The lowest BCUT2D eigenvalue weighted by molar-refractivity contribution is -0.142. The second-order valence-electron chi connectivity index (χ2n) is 10.4. The minimum Gasteiger partial charge on any atom is -0.468 e. The Morgan fingerprint density at radius 1 is 1.27 bits per heavy atom. The third kappa shape index (κ3) is 6.21. The van der Waals surface area contributed by atoms with Gasteiger partial charge in [0.05, 0.1) is 20.0 Å². The van der Waals surface area contributed by atoms with Crippen LogP contribution in [0.1, 0.15) is 45.8 Å². The lowest BCUT2D eigenvalue weighted by Crippen LogP contribution is -2.41. The maximum Gasteiger partial charge on any atom is 0.459 e. The van der Waals surface area contributed by atoms with Crippen LogP contribution in [0.3, 0.4) is 0 Å². The van der Waals surface area contributed by atoms with Crippen LogP contribution in [-0.4, -0.2) is 74.3 Å². The van der Waals surface area contributed by atoms with Crippen LogP contribution in [0.2, 0.25) is 0 Å². The summed E-state index contributed by atoms with van der Waals surface area (Å²) in [6, 6.07) is 7.40. The fourth-order valence-electron chi connectivity index (χ4n) is 5.09. The van der Waals surface area contributed by atoms with Gasteiger partial charge in [-0.05, 0) is 38.8 Å². The van der Waals surface area contributed by atoms with Crippen molar-refractivity contribution in [1.82, 2.24) is 24.6 Å². The van der Waals surface area contributed by atoms with Gasteiger partial charge in [0.2, 0.25) is 0 Å². The molecule has 0 spiro atoms. The highest BCUT2D eigenvalue weighted by Crippen LogP contribution is 2.48. The number of nitrogens with one attached hydrogen (secondary N) is 2. The number of aliphatic hydroxyl groups excluding tert-OH is 1. The zero-order chi connectivity index (χ0) is 29.2. The van der Waals surface area contributed by atoms with Crippen molar-refractivity contribution < 1.29 is 37.4 Å². The van der Waals surface area contributed by atoms with Crippen LogP contribution in [0, 0.1) is 0 Å². The van der Waals surface area contributed by atoms with Crippen molar-refractivity contribution in [2.24, 2.45) is 0 Å². The molecule has 0 bridgehead atoms. The standard InChI is InChI=1S/C26H34FN6O7P/c1-16(24(35)37-3)32-41(36,40-18-11-5-4-6-12-18)38-13-19-21(34)26(2,27)25(39-19)33-15-30-20-22(28-14-29-23(20)33)31-17-9-7-8-10-17/h4-6,11-12,14-17,19,21,25,34H,7-10,13H2,1-3H3,(H,32,36)(H,28,29,31)/t16-,19+,21+,25+,26?,41?/m0/s1. The number of hydrogen-bond acceptors (Lipinski definition) is 11. The summed E-state index contributed by atoms with van der Waals surface area (Å²) in [5.74, 6) is 0.0484. The highest BCUT2D eigenvalue weighted by Gasteiger charge is 2.56. The molecule has 2 aromatic heterocycles. The molecule has 13 nitrogen and oxygen atoms in total. The number of nitrogens with zero attached hydrogens (tertiary/aromatic N) is 4. The summed E-state index contributed by atoms with van der Waals surface area (Å²) in [6.07, 6.45) is 2.82. The molecule has 2 unspecified atom stereocenters. The Bertz CT molecular complexity index is 1400. The van der Waals surface area contributed by atoms with E-state index < -0.39 is 50.5 Å². The van der Waals surface area contributed by atoms with Crippen molar-refractivity contribution in [3.63, 3.8) is 0 Å². The number of rotatable bonds is 11. The second-order valence-corrected chi connectivity index (χ2v) is 12.1. The van der Waals surface area contributed by atoms with Crippen LogP contribution in [0.5, 0.6) is 5.75 Å². The fraction of sp³-hybridized carbons (Fsp3) is 0.538. The van der Waals surface area contributed by atoms with Crippen LogP contribution in [0.25, 0.3) is 11.2 Å². The van der Waals surface area contributed by atoms with E-state index in [-0.39, 0.29) is 11.8 Å². The third-order valence-corrected chi connectivity index (χ3v) is 8.95. The van der Waals surface area contributed by atoms with Crippen LogP contribution < -0.4 is 14.9 Å². The van der Waals surface area contributed by atoms with E-state index >= 15 is 4.39 Å². The van der Waals surface area contributed by atoms with Crippen LogP contribution in [-0.2, 0) is 23.4 Å². The summed E-state index contributed by atoms with van der Waals surface area (Å²) >= 11 is 0. The molecule has 222 valence electrons. The van der Waals surface area contributed by atoms with Gasteiger partial charge in [0.1, 0.15) is 30.3 Å². The summed E-state index contributed by atoms with van der Waals surface area (Å²) in [6.45, 7) is 2.09. The van der Waals surface area contributed by atoms with E-state index in [9.17, 15) is 14.5 Å². The number of imidazole rings is 1. The zero-order valence-corrected chi connectivity index (χ0v) is 23.9. The first-order valence-electron chi connectivity index (χ1n) is 13.4. The van der Waals surface area contributed by atoms with Crippen molar-refractivity contribution in [2.75, 3.05) is 19.0 Å². The first kappa shape index (κ1) is 29.3. The van der Waals surface area contributed by atoms with E-state index in [2.05, 4.69) is 25.4 Å². The maximum atomic E-state index is 16.1. The number of aromatic nitrogens is 4. The van der Waals surface area contributed by atoms with E-state index in [4.69, 9.17) is 18.5 Å². The monoisotopic (exact) mass is 592 g/mol. The average molecular weight is 593 g/mol. The minimum atomic E-state index is -4.24. The number of benzene rings is 1. The summed E-state index contributed by atoms with van der Waals surface area (Å²) < 4.78 is 52.9. The van der Waals surface area contributed by atoms with Gasteiger partial charge in [0.15, 0.2) is 28.9 Å². The van der Waals surface area contributed by atoms with Gasteiger partial charge in [-0.2, -0.15) is 5.09 Å². The molecule has 0 amide bonds. The predicted octanol–water partition coefficient (Wildman–Crippen LogP) is 3.52. The molecule has 41 heavy (non-hydrogen) atoms. The predicted molar refractivity (Wildman–Crippen MR) is 146 cm³/mol. The Hall–Kier alpha value is -3.16. The Morgan fingerprint density at radius 3 is 2.71 bits per heavy atom. The van der Waals surface area contributed by atoms with Gasteiger partial charge in [0.25, 0.3) is 0 Å². The number of esters is 1. The SMILES string of the molecule is COC(=O)[C@H](C)NP(=O)(OC[C@H]1O[C@@H](n2cnc3c(NC4CCCC4)ncnc32)C(C)(F)[C@@H]1O)Oc1ccccc1. The van der Waals surface area contributed by atoms with Crippen molar-refractivity contribution in [1.29, 1.82) is 0 Å². The van der Waals surface area contributed by atoms with Crippen LogP contribution in [0.15, 0.2) is 43.0 Å². The largest absolute Gasteiger partial charge is 0.468 e. The molecular formula is C26H34FN6O7P. The van der Waals surface area contributed by atoms with E-state index in [0.717, 1.165) is 25.7 Å². The maximum absolute atomic E-state index is 16.1. The molecule has 1 saturated carbocycles. The Morgan fingerprint density at radius 2 is 2.00 bits per heavy atom. The van der Waals surface area contributed by atoms with Gasteiger partial charge in [-0.1, -0.05) is 31.0 Å². The molecule has 6 atom stereocenters. The van der Waals surface area contributed by atoms with Crippen molar-refractivity contribution >= 4 is 30.7 Å². The molecule has 3 N–H and O–H groups in total. The quantitative estimate of drug-likeness (QED) is 0.220. The summed E-state index contributed by atoms with van der Waals surface area (Å²) in [4.78, 5) is 25.0. The third-order valence-electron chi connectivity index (χ3n) is 7.31. The summed E-state index contributed by atoms with van der Waals surface area (Å²) in [7, 11) is -3.05.